The van der Waals surface area contributed by atoms with Crippen molar-refractivity contribution in [3.8, 4) is 0 Å². The first kappa shape index (κ1) is 14.6. The molecule has 1 aromatic rings. The van der Waals surface area contributed by atoms with Gasteiger partial charge in [0.05, 0.1) is 5.60 Å². The standard InChI is InChI=1S/C11H16N2O4S/c1-4-17-11(2,3)6-12-8(14)9-13-7(5-18-9)10(15)16/h5H,4,6H2,1-3H3,(H,12,14)(H,15,16). The molecule has 1 amide bonds. The number of hydrogen-bond acceptors (Lipinski definition) is 5. The molecule has 0 unspecified atom stereocenters. The van der Waals surface area contributed by atoms with E-state index in [0.29, 0.717) is 13.2 Å². The second kappa shape index (κ2) is 5.92. The van der Waals surface area contributed by atoms with Gasteiger partial charge in [-0.15, -0.1) is 11.3 Å². The summed E-state index contributed by atoms with van der Waals surface area (Å²) in [7, 11) is 0. The molecule has 0 radical (unpaired) electrons. The van der Waals surface area contributed by atoms with E-state index in [1.165, 1.54) is 5.38 Å². The summed E-state index contributed by atoms with van der Waals surface area (Å²) >= 11 is 1.01. The number of carboxylic acid groups (broad SMARTS) is 1. The first-order chi connectivity index (χ1) is 8.35. The van der Waals surface area contributed by atoms with Crippen LogP contribution < -0.4 is 5.32 Å². The minimum Gasteiger partial charge on any atom is -0.476 e. The number of amides is 1. The van der Waals surface area contributed by atoms with Crippen LogP contribution in [0.1, 0.15) is 41.1 Å². The second-order valence-electron chi connectivity index (χ2n) is 4.22. The Labute approximate surface area is 109 Å². The number of nitrogens with zero attached hydrogens (tertiary/aromatic N) is 1. The molecule has 1 heterocycles. The molecule has 1 rings (SSSR count). The molecular weight excluding hydrogens is 256 g/mol. The van der Waals surface area contributed by atoms with E-state index < -0.39 is 11.6 Å². The van der Waals surface area contributed by atoms with Crippen molar-refractivity contribution < 1.29 is 19.4 Å². The molecule has 18 heavy (non-hydrogen) atoms. The van der Waals surface area contributed by atoms with Gasteiger partial charge < -0.3 is 15.2 Å². The van der Waals surface area contributed by atoms with Crippen LogP contribution in [0.3, 0.4) is 0 Å². The van der Waals surface area contributed by atoms with Crippen molar-refractivity contribution in [1.82, 2.24) is 10.3 Å². The van der Waals surface area contributed by atoms with Crippen LogP contribution in [0.4, 0.5) is 0 Å². The van der Waals surface area contributed by atoms with E-state index in [-0.39, 0.29) is 16.6 Å². The van der Waals surface area contributed by atoms with Gasteiger partial charge >= 0.3 is 5.97 Å². The quantitative estimate of drug-likeness (QED) is 0.817. The molecule has 7 heteroatoms. The molecule has 100 valence electrons. The lowest BCUT2D eigenvalue weighted by molar-refractivity contribution is -0.00816. The zero-order valence-corrected chi connectivity index (χ0v) is 11.3. The Morgan fingerprint density at radius 3 is 2.72 bits per heavy atom. The van der Waals surface area contributed by atoms with Crippen LogP contribution >= 0.6 is 11.3 Å². The summed E-state index contributed by atoms with van der Waals surface area (Å²) in [4.78, 5) is 26.1. The molecule has 6 nitrogen and oxygen atoms in total. The van der Waals surface area contributed by atoms with Crippen LogP contribution in [0.25, 0.3) is 0 Å². The maximum Gasteiger partial charge on any atom is 0.355 e. The highest BCUT2D eigenvalue weighted by molar-refractivity contribution is 7.11. The molecule has 0 aliphatic carbocycles. The molecule has 0 aliphatic heterocycles. The number of carboxylic acids is 1. The molecule has 0 saturated carbocycles. The molecule has 0 aromatic carbocycles. The Bertz CT molecular complexity index is 442. The van der Waals surface area contributed by atoms with Gasteiger partial charge in [0.1, 0.15) is 0 Å². The van der Waals surface area contributed by atoms with Gasteiger partial charge in [0.15, 0.2) is 10.7 Å². The minimum atomic E-state index is -1.14. The number of aromatic nitrogens is 1. The number of carbonyl (C=O) groups is 2. The van der Waals surface area contributed by atoms with Crippen LogP contribution in [0, 0.1) is 0 Å². The summed E-state index contributed by atoms with van der Waals surface area (Å²) in [5, 5.41) is 12.8. The number of thiazole rings is 1. The number of ether oxygens (including phenoxy) is 1. The normalized spacial score (nSPS) is 11.3. The summed E-state index contributed by atoms with van der Waals surface area (Å²) in [5.41, 5.74) is -0.577. The highest BCUT2D eigenvalue weighted by Crippen LogP contribution is 2.11. The average Bonchev–Trinajstić information content (AvgIpc) is 2.75. The fourth-order valence-corrected chi connectivity index (χ4v) is 1.99. The molecule has 0 spiro atoms. The van der Waals surface area contributed by atoms with Gasteiger partial charge in [0.25, 0.3) is 5.91 Å². The van der Waals surface area contributed by atoms with Crippen LogP contribution in [-0.2, 0) is 4.74 Å². The Morgan fingerprint density at radius 1 is 1.56 bits per heavy atom. The highest BCUT2D eigenvalue weighted by atomic mass is 32.1. The van der Waals surface area contributed by atoms with E-state index in [2.05, 4.69) is 10.3 Å². The molecule has 1 aromatic heterocycles. The van der Waals surface area contributed by atoms with Crippen molar-refractivity contribution in [2.45, 2.75) is 26.4 Å². The third-order valence-corrected chi connectivity index (χ3v) is 2.97. The smallest absolute Gasteiger partial charge is 0.355 e. The van der Waals surface area contributed by atoms with E-state index in [4.69, 9.17) is 9.84 Å². The van der Waals surface area contributed by atoms with Gasteiger partial charge in [-0.1, -0.05) is 0 Å². The van der Waals surface area contributed by atoms with Gasteiger partial charge in [-0.25, -0.2) is 9.78 Å². The van der Waals surface area contributed by atoms with Gasteiger partial charge in [-0.3, -0.25) is 4.79 Å². The van der Waals surface area contributed by atoms with E-state index in [1.54, 1.807) is 0 Å². The molecule has 2 N–H and O–H groups in total. The van der Waals surface area contributed by atoms with E-state index in [0.717, 1.165) is 11.3 Å². The predicted octanol–water partition coefficient (Wildman–Crippen LogP) is 1.39. The molecular formula is C11H16N2O4S. The van der Waals surface area contributed by atoms with Crippen LogP contribution in [-0.4, -0.2) is 40.7 Å². The molecule has 0 atom stereocenters. The van der Waals surface area contributed by atoms with E-state index in [1.807, 2.05) is 20.8 Å². The van der Waals surface area contributed by atoms with Crippen molar-refractivity contribution >= 4 is 23.2 Å². The number of hydrogen-bond donors (Lipinski definition) is 2. The SMILES string of the molecule is CCOC(C)(C)CNC(=O)c1nc(C(=O)O)cs1. The number of nitrogens with one attached hydrogen (secondary N) is 1. The number of aromatic carboxylic acids is 1. The van der Waals surface area contributed by atoms with E-state index >= 15 is 0 Å². The van der Waals surface area contributed by atoms with Gasteiger partial charge in [-0.05, 0) is 20.8 Å². The number of carbonyl (C=O) groups excluding carboxylic acids is 1. The topological polar surface area (TPSA) is 88.5 Å². The molecule has 0 fully saturated rings. The minimum absolute atomic E-state index is 0.116. The zero-order chi connectivity index (χ0) is 13.8. The Hall–Kier alpha value is -1.47. The van der Waals surface area contributed by atoms with Gasteiger partial charge in [0, 0.05) is 18.5 Å². The maximum absolute atomic E-state index is 11.7. The Kier molecular flexibility index (Phi) is 4.80. The van der Waals surface area contributed by atoms with Crippen molar-refractivity contribution in [1.29, 1.82) is 0 Å². The maximum atomic E-state index is 11.7. The average molecular weight is 272 g/mol. The third-order valence-electron chi connectivity index (χ3n) is 2.13. The fraction of sp³-hybridized carbons (Fsp3) is 0.545. The first-order valence-electron chi connectivity index (χ1n) is 5.46. The predicted molar refractivity (Wildman–Crippen MR) is 67.1 cm³/mol. The lowest BCUT2D eigenvalue weighted by Gasteiger charge is -2.24. The first-order valence-corrected chi connectivity index (χ1v) is 6.34. The third kappa shape index (κ3) is 4.08. The Morgan fingerprint density at radius 2 is 2.22 bits per heavy atom. The van der Waals surface area contributed by atoms with Gasteiger partial charge in [0.2, 0.25) is 0 Å². The van der Waals surface area contributed by atoms with E-state index in [9.17, 15) is 9.59 Å². The monoisotopic (exact) mass is 272 g/mol. The molecule has 0 aliphatic rings. The molecule has 0 saturated heterocycles. The summed E-state index contributed by atoms with van der Waals surface area (Å²) < 4.78 is 5.43. The summed E-state index contributed by atoms with van der Waals surface area (Å²) in [6.07, 6.45) is 0. The summed E-state index contributed by atoms with van der Waals surface area (Å²) in [6, 6.07) is 0. The fourth-order valence-electron chi connectivity index (χ4n) is 1.29. The van der Waals surface area contributed by atoms with Crippen molar-refractivity contribution in [3.05, 3.63) is 16.1 Å². The van der Waals surface area contributed by atoms with Crippen molar-refractivity contribution in [2.75, 3.05) is 13.2 Å². The van der Waals surface area contributed by atoms with Crippen LogP contribution in [0.15, 0.2) is 5.38 Å². The molecule has 0 bridgehead atoms. The summed E-state index contributed by atoms with van der Waals surface area (Å²) in [5.74, 6) is -1.53. The zero-order valence-electron chi connectivity index (χ0n) is 10.5. The lowest BCUT2D eigenvalue weighted by Crippen LogP contribution is -2.40. The highest BCUT2D eigenvalue weighted by Gasteiger charge is 2.20. The van der Waals surface area contributed by atoms with Crippen molar-refractivity contribution in [2.24, 2.45) is 0 Å². The van der Waals surface area contributed by atoms with Crippen LogP contribution in [0.5, 0.6) is 0 Å². The van der Waals surface area contributed by atoms with Crippen LogP contribution in [0.2, 0.25) is 0 Å². The van der Waals surface area contributed by atoms with Gasteiger partial charge in [-0.2, -0.15) is 0 Å². The second-order valence-corrected chi connectivity index (χ2v) is 5.08. The largest absolute Gasteiger partial charge is 0.476 e. The van der Waals surface area contributed by atoms with Crippen molar-refractivity contribution in [3.63, 3.8) is 0 Å². The lowest BCUT2D eigenvalue weighted by atomic mass is 10.1. The summed E-state index contributed by atoms with van der Waals surface area (Å²) in [6.45, 7) is 6.50. The Balaban J connectivity index is 2.57. The number of rotatable bonds is 6.